The van der Waals surface area contributed by atoms with E-state index in [4.69, 9.17) is 4.74 Å². The smallest absolute Gasteiger partial charge is 0.307 e. The Morgan fingerprint density at radius 2 is 1.91 bits per heavy atom. The van der Waals surface area contributed by atoms with Gasteiger partial charge in [-0.15, -0.1) is 0 Å². The van der Waals surface area contributed by atoms with Crippen LogP contribution >= 0.6 is 0 Å². The maximum atomic E-state index is 15.1. The van der Waals surface area contributed by atoms with Crippen LogP contribution in [0.2, 0.25) is 0 Å². The van der Waals surface area contributed by atoms with Crippen molar-refractivity contribution in [2.45, 2.75) is 39.7 Å². The number of ether oxygens (including phenoxy) is 1. The van der Waals surface area contributed by atoms with Gasteiger partial charge in [-0.2, -0.15) is 0 Å². The van der Waals surface area contributed by atoms with Crippen molar-refractivity contribution in [2.24, 2.45) is 0 Å². The van der Waals surface area contributed by atoms with Gasteiger partial charge in [0.15, 0.2) is 23.2 Å². The number of carboxylic acid groups (broad SMARTS) is 1. The zero-order valence-electron chi connectivity index (χ0n) is 19.3. The van der Waals surface area contributed by atoms with Crippen molar-refractivity contribution in [2.75, 3.05) is 6.61 Å². The van der Waals surface area contributed by atoms with Gasteiger partial charge < -0.3 is 14.4 Å². The Labute approximate surface area is 199 Å². The molecule has 8 heteroatoms. The lowest BCUT2D eigenvalue weighted by atomic mass is 9.87. The van der Waals surface area contributed by atoms with Crippen LogP contribution in [0.15, 0.2) is 36.5 Å². The topological polar surface area (TPSA) is 64.4 Å². The lowest BCUT2D eigenvalue weighted by Crippen LogP contribution is -2.13. The fraction of sp³-hybridized carbons (Fsp3) is 0.259. The molecule has 35 heavy (non-hydrogen) atoms. The van der Waals surface area contributed by atoms with Crippen molar-refractivity contribution in [3.8, 4) is 16.9 Å². The van der Waals surface area contributed by atoms with Crippen molar-refractivity contribution in [3.63, 3.8) is 0 Å². The van der Waals surface area contributed by atoms with E-state index in [9.17, 15) is 18.7 Å². The molecule has 0 bridgehead atoms. The third kappa shape index (κ3) is 4.03. The van der Waals surface area contributed by atoms with Gasteiger partial charge in [-0.05, 0) is 78.8 Å². The quantitative estimate of drug-likeness (QED) is 0.396. The molecule has 0 atom stereocenters. The third-order valence-electron chi connectivity index (χ3n) is 6.59. The first kappa shape index (κ1) is 23.0. The molecule has 3 heterocycles. The predicted molar refractivity (Wildman–Crippen MR) is 125 cm³/mol. The van der Waals surface area contributed by atoms with E-state index in [0.29, 0.717) is 52.0 Å². The van der Waals surface area contributed by atoms with Crippen LogP contribution < -0.4 is 4.74 Å². The zero-order chi connectivity index (χ0) is 24.9. The molecule has 0 spiro atoms. The Morgan fingerprint density at radius 3 is 2.66 bits per heavy atom. The number of pyridine rings is 1. The van der Waals surface area contributed by atoms with Gasteiger partial charge in [0.25, 0.3) is 0 Å². The SMILES string of the molecule is Cc1nc2c(ccn2Cc2ccc(F)c(F)c2)c(-c2cc(F)c3c(c2C)CCCO3)c1CC(=O)O. The molecule has 5 nitrogen and oxygen atoms in total. The second kappa shape index (κ2) is 8.76. The molecule has 0 fully saturated rings. The summed E-state index contributed by atoms with van der Waals surface area (Å²) in [5.74, 6) is -3.10. The largest absolute Gasteiger partial charge is 0.490 e. The second-order valence-electron chi connectivity index (χ2n) is 8.84. The van der Waals surface area contributed by atoms with Crippen molar-refractivity contribution in [1.82, 2.24) is 9.55 Å². The molecular weight excluding hydrogens is 457 g/mol. The van der Waals surface area contributed by atoms with Gasteiger partial charge in [0.1, 0.15) is 5.65 Å². The highest BCUT2D eigenvalue weighted by Crippen LogP contribution is 2.41. The summed E-state index contributed by atoms with van der Waals surface area (Å²) >= 11 is 0. The monoisotopic (exact) mass is 480 g/mol. The van der Waals surface area contributed by atoms with Crippen LogP contribution in [-0.2, 0) is 24.2 Å². The summed E-state index contributed by atoms with van der Waals surface area (Å²) in [6.45, 7) is 4.31. The van der Waals surface area contributed by atoms with Gasteiger partial charge in [0.05, 0.1) is 13.0 Å². The van der Waals surface area contributed by atoms with Crippen LogP contribution in [-0.4, -0.2) is 27.2 Å². The highest BCUT2D eigenvalue weighted by molar-refractivity contribution is 5.98. The molecule has 1 aliphatic heterocycles. The minimum atomic E-state index is -1.02. The van der Waals surface area contributed by atoms with E-state index in [1.807, 2.05) is 6.92 Å². The highest BCUT2D eigenvalue weighted by Gasteiger charge is 2.25. The van der Waals surface area contributed by atoms with Gasteiger partial charge in [-0.25, -0.2) is 18.2 Å². The van der Waals surface area contributed by atoms with Crippen LogP contribution in [0.25, 0.3) is 22.2 Å². The number of aryl methyl sites for hydroxylation is 1. The average Bonchev–Trinajstić information content (AvgIpc) is 3.21. The van der Waals surface area contributed by atoms with E-state index in [0.717, 1.165) is 29.7 Å². The van der Waals surface area contributed by atoms with Crippen molar-refractivity contribution in [3.05, 3.63) is 81.9 Å². The number of hydrogen-bond donors (Lipinski definition) is 1. The van der Waals surface area contributed by atoms with E-state index in [1.54, 1.807) is 23.8 Å². The van der Waals surface area contributed by atoms with Gasteiger partial charge >= 0.3 is 5.97 Å². The number of halogens is 3. The number of benzene rings is 2. The molecule has 1 aliphatic rings. The Kier molecular flexibility index (Phi) is 5.75. The number of carboxylic acids is 1. The number of hydrogen-bond acceptors (Lipinski definition) is 3. The van der Waals surface area contributed by atoms with Crippen molar-refractivity contribution >= 4 is 17.0 Å². The number of aliphatic carboxylic acids is 1. The number of carbonyl (C=O) groups is 1. The number of nitrogens with zero attached hydrogens (tertiary/aromatic N) is 2. The predicted octanol–water partition coefficient (Wildman–Crippen LogP) is 5.74. The Balaban J connectivity index is 1.74. The summed E-state index contributed by atoms with van der Waals surface area (Å²) in [4.78, 5) is 16.4. The average molecular weight is 480 g/mol. The minimum Gasteiger partial charge on any atom is -0.490 e. The Bertz CT molecular complexity index is 1490. The standard InChI is InChI=1S/C27H23F3N2O3/c1-14-17-4-3-9-35-26(17)23(30)11-19(14)25-18-7-8-32(13-16-5-6-21(28)22(29)10-16)27(18)31-15(2)20(25)12-24(33)34/h5-8,10-11H,3-4,9,12-13H2,1-2H3,(H,33,34). The molecule has 2 aromatic heterocycles. The van der Waals surface area contributed by atoms with Gasteiger partial charge in [-0.1, -0.05) is 6.07 Å². The number of aromatic nitrogens is 2. The highest BCUT2D eigenvalue weighted by atomic mass is 19.2. The summed E-state index contributed by atoms with van der Waals surface area (Å²) in [7, 11) is 0. The molecule has 0 unspecified atom stereocenters. The van der Waals surface area contributed by atoms with Crippen molar-refractivity contribution in [1.29, 1.82) is 0 Å². The summed E-state index contributed by atoms with van der Waals surface area (Å²) in [6, 6.07) is 6.92. The normalized spacial score (nSPS) is 13.1. The van der Waals surface area contributed by atoms with Crippen LogP contribution in [0.1, 0.15) is 34.4 Å². The molecule has 0 aliphatic carbocycles. The molecular formula is C27H23F3N2O3. The van der Waals surface area contributed by atoms with E-state index in [2.05, 4.69) is 4.98 Å². The maximum Gasteiger partial charge on any atom is 0.307 e. The number of rotatable bonds is 5. The molecule has 0 radical (unpaired) electrons. The van der Waals surface area contributed by atoms with E-state index in [1.165, 1.54) is 12.1 Å². The van der Waals surface area contributed by atoms with Crippen LogP contribution in [0, 0.1) is 31.3 Å². The molecule has 4 aromatic rings. The van der Waals surface area contributed by atoms with Gasteiger partial charge in [0.2, 0.25) is 0 Å². The maximum absolute atomic E-state index is 15.1. The van der Waals surface area contributed by atoms with Crippen molar-refractivity contribution < 1.29 is 27.8 Å². The summed E-state index contributed by atoms with van der Waals surface area (Å²) in [5, 5.41) is 10.3. The first-order chi connectivity index (χ1) is 16.7. The Morgan fingerprint density at radius 1 is 1.11 bits per heavy atom. The third-order valence-corrected chi connectivity index (χ3v) is 6.59. The molecule has 1 N–H and O–H groups in total. The first-order valence-electron chi connectivity index (χ1n) is 11.3. The van der Waals surface area contributed by atoms with E-state index < -0.39 is 23.4 Å². The van der Waals surface area contributed by atoms with Gasteiger partial charge in [-0.3, -0.25) is 4.79 Å². The lowest BCUT2D eigenvalue weighted by Gasteiger charge is -2.23. The summed E-state index contributed by atoms with van der Waals surface area (Å²) in [6.07, 6.45) is 2.94. The fourth-order valence-corrected chi connectivity index (χ4v) is 4.91. The molecule has 0 saturated heterocycles. The van der Waals surface area contributed by atoms with E-state index >= 15 is 4.39 Å². The summed E-state index contributed by atoms with van der Waals surface area (Å²) < 4.78 is 49.6. The van der Waals surface area contributed by atoms with Crippen LogP contribution in [0.4, 0.5) is 13.2 Å². The summed E-state index contributed by atoms with van der Waals surface area (Å²) in [5.41, 5.74) is 4.95. The fourth-order valence-electron chi connectivity index (χ4n) is 4.91. The molecule has 5 rings (SSSR count). The number of fused-ring (bicyclic) bond motifs is 2. The minimum absolute atomic E-state index is 0.232. The molecule has 0 saturated carbocycles. The molecule has 0 amide bonds. The first-order valence-corrected chi connectivity index (χ1v) is 11.3. The van der Waals surface area contributed by atoms with E-state index in [-0.39, 0.29) is 18.7 Å². The molecule has 180 valence electrons. The van der Waals surface area contributed by atoms with Gasteiger partial charge in [0, 0.05) is 29.4 Å². The zero-order valence-corrected chi connectivity index (χ0v) is 19.3. The second-order valence-corrected chi connectivity index (χ2v) is 8.84. The van der Waals surface area contributed by atoms with Crippen LogP contribution in [0.3, 0.4) is 0 Å². The lowest BCUT2D eigenvalue weighted by molar-refractivity contribution is -0.136. The van der Waals surface area contributed by atoms with Crippen LogP contribution in [0.5, 0.6) is 5.75 Å². The Hall–Kier alpha value is -3.81. The molecule has 2 aromatic carbocycles.